The smallest absolute Gasteiger partial charge is 0.419 e. The van der Waals surface area contributed by atoms with Crippen LogP contribution in [-0.4, -0.2) is 45.7 Å². The van der Waals surface area contributed by atoms with Crippen molar-refractivity contribution in [2.75, 3.05) is 20.2 Å². The zero-order valence-electron chi connectivity index (χ0n) is 17.3. The molecule has 0 saturated heterocycles. The van der Waals surface area contributed by atoms with E-state index in [1.54, 1.807) is 19.3 Å². The third-order valence-electron chi connectivity index (χ3n) is 5.46. The molecule has 2 aromatic heterocycles. The van der Waals surface area contributed by atoms with Crippen LogP contribution in [0.1, 0.15) is 31.0 Å². The number of fused-ring (bicyclic) bond motifs is 1. The zero-order valence-corrected chi connectivity index (χ0v) is 17.3. The number of alkyl halides is 3. The van der Waals surface area contributed by atoms with Gasteiger partial charge in [-0.1, -0.05) is 0 Å². The Hall–Kier alpha value is -3.12. The Kier molecular flexibility index (Phi) is 5.58. The second-order valence-electron chi connectivity index (χ2n) is 7.63. The van der Waals surface area contributed by atoms with E-state index in [-0.39, 0.29) is 29.3 Å². The number of likely N-dealkylation sites (N-methyl/N-ethyl adjacent to an activating group) is 1. The lowest BCUT2D eigenvalue weighted by molar-refractivity contribution is -0.138. The highest BCUT2D eigenvalue weighted by Crippen LogP contribution is 2.39. The molecule has 6 nitrogen and oxygen atoms in total. The number of nitrogens with zero attached hydrogens (tertiary/aromatic N) is 5. The highest BCUT2D eigenvalue weighted by Gasteiger charge is 2.35. The first-order chi connectivity index (χ1) is 14.8. The maximum atomic E-state index is 13.6. The average Bonchev–Trinajstić information content (AvgIpc) is 3.51. The lowest BCUT2D eigenvalue weighted by Crippen LogP contribution is -2.25. The number of nitriles is 1. The van der Waals surface area contributed by atoms with Crippen LogP contribution in [0.15, 0.2) is 30.6 Å². The van der Waals surface area contributed by atoms with Crippen LogP contribution in [0.2, 0.25) is 0 Å². The summed E-state index contributed by atoms with van der Waals surface area (Å²) in [5, 5.41) is 9.54. The van der Waals surface area contributed by atoms with Crippen molar-refractivity contribution in [1.82, 2.24) is 19.4 Å². The van der Waals surface area contributed by atoms with E-state index < -0.39 is 11.7 Å². The molecule has 2 heterocycles. The number of benzene rings is 1. The predicted octanol–water partition coefficient (Wildman–Crippen LogP) is 4.48. The fraction of sp³-hybridized carbons (Fsp3) is 0.409. The summed E-state index contributed by atoms with van der Waals surface area (Å²) in [6, 6.07) is 8.16. The summed E-state index contributed by atoms with van der Waals surface area (Å²) in [5.74, 6) is -0.228. The van der Waals surface area contributed by atoms with Gasteiger partial charge in [0.25, 0.3) is 0 Å². The maximum Gasteiger partial charge on any atom is 0.419 e. The number of imidazole rings is 1. The van der Waals surface area contributed by atoms with Crippen LogP contribution < -0.4 is 4.74 Å². The number of hydrogen-bond acceptors (Lipinski definition) is 5. The molecule has 0 aliphatic heterocycles. The van der Waals surface area contributed by atoms with E-state index in [0.717, 1.165) is 12.6 Å². The van der Waals surface area contributed by atoms with Crippen molar-refractivity contribution in [3.8, 4) is 23.1 Å². The minimum Gasteiger partial charge on any atom is -0.493 e. The van der Waals surface area contributed by atoms with Gasteiger partial charge in [0.15, 0.2) is 5.69 Å². The summed E-state index contributed by atoms with van der Waals surface area (Å²) >= 11 is 0. The molecule has 0 radical (unpaired) electrons. The molecule has 0 unspecified atom stereocenters. The number of pyridine rings is 1. The molecule has 0 atom stereocenters. The molecule has 31 heavy (non-hydrogen) atoms. The number of ether oxygens (including phenoxy) is 1. The van der Waals surface area contributed by atoms with Gasteiger partial charge in [-0.3, -0.25) is 0 Å². The van der Waals surface area contributed by atoms with Gasteiger partial charge < -0.3 is 14.2 Å². The van der Waals surface area contributed by atoms with Crippen LogP contribution in [0.3, 0.4) is 0 Å². The number of halogens is 3. The largest absolute Gasteiger partial charge is 0.493 e. The zero-order chi connectivity index (χ0) is 22.2. The molecule has 3 aromatic rings. The minimum atomic E-state index is -4.57. The molecule has 1 fully saturated rings. The van der Waals surface area contributed by atoms with E-state index in [9.17, 15) is 18.4 Å². The van der Waals surface area contributed by atoms with Gasteiger partial charge in [0.1, 0.15) is 17.3 Å². The fourth-order valence-corrected chi connectivity index (χ4v) is 3.62. The molecular formula is C22H22F3N5O. The first-order valence-electron chi connectivity index (χ1n) is 10.1. The van der Waals surface area contributed by atoms with Crippen LogP contribution in [0.5, 0.6) is 5.75 Å². The molecular weight excluding hydrogens is 407 g/mol. The third kappa shape index (κ3) is 4.35. The third-order valence-corrected chi connectivity index (χ3v) is 5.46. The summed E-state index contributed by atoms with van der Waals surface area (Å²) in [7, 11) is 2.07. The van der Waals surface area contributed by atoms with Crippen LogP contribution in [0.25, 0.3) is 22.3 Å². The van der Waals surface area contributed by atoms with Crippen molar-refractivity contribution in [2.24, 2.45) is 0 Å². The Morgan fingerprint density at radius 2 is 2.06 bits per heavy atom. The van der Waals surface area contributed by atoms with Crippen molar-refractivity contribution >= 4 is 11.0 Å². The van der Waals surface area contributed by atoms with Gasteiger partial charge >= 0.3 is 6.18 Å². The normalized spacial score (nSPS) is 14.2. The molecule has 9 heteroatoms. The van der Waals surface area contributed by atoms with Gasteiger partial charge in [0.05, 0.1) is 29.7 Å². The maximum absolute atomic E-state index is 13.6. The molecule has 1 aromatic carbocycles. The summed E-state index contributed by atoms with van der Waals surface area (Å²) in [6.07, 6.45) is -0.519. The Labute approximate surface area is 177 Å². The van der Waals surface area contributed by atoms with Gasteiger partial charge in [-0.2, -0.15) is 18.4 Å². The van der Waals surface area contributed by atoms with E-state index in [0.29, 0.717) is 23.6 Å². The molecule has 1 aliphatic carbocycles. The van der Waals surface area contributed by atoms with Crippen molar-refractivity contribution < 1.29 is 17.9 Å². The molecule has 162 valence electrons. The van der Waals surface area contributed by atoms with Crippen LogP contribution >= 0.6 is 0 Å². The van der Waals surface area contributed by atoms with Gasteiger partial charge in [0.2, 0.25) is 0 Å². The second-order valence-corrected chi connectivity index (χ2v) is 7.63. The lowest BCUT2D eigenvalue weighted by atomic mass is 10.1. The minimum absolute atomic E-state index is 0.0873. The first-order valence-corrected chi connectivity index (χ1v) is 10.1. The Balaban J connectivity index is 1.75. The van der Waals surface area contributed by atoms with Crippen LogP contribution in [-0.2, 0) is 12.7 Å². The van der Waals surface area contributed by atoms with Gasteiger partial charge in [-0.25, -0.2) is 9.97 Å². The van der Waals surface area contributed by atoms with Gasteiger partial charge in [-0.05, 0) is 51.1 Å². The van der Waals surface area contributed by atoms with E-state index in [1.165, 1.54) is 25.0 Å². The van der Waals surface area contributed by atoms with Crippen molar-refractivity contribution in [2.45, 2.75) is 38.5 Å². The van der Waals surface area contributed by atoms with Crippen molar-refractivity contribution in [3.05, 3.63) is 41.9 Å². The van der Waals surface area contributed by atoms with Crippen LogP contribution in [0.4, 0.5) is 13.2 Å². The molecule has 0 N–H and O–H groups in total. The summed E-state index contributed by atoms with van der Waals surface area (Å²) in [6.45, 7) is 3.23. The monoisotopic (exact) mass is 429 g/mol. The van der Waals surface area contributed by atoms with Crippen LogP contribution in [0, 0.1) is 11.3 Å². The standard InChI is InChI=1S/C22H22F3N5O/c1-3-31-20-7-4-14(10-16(20)22(23,24)25)17-11-19-21(18(12-26)28-17)27-13-30(19)9-8-29(2)15-5-6-15/h4,7,10-11,13,15H,3,5-6,8-9H2,1-2H3. The second kappa shape index (κ2) is 8.19. The molecule has 0 spiro atoms. The summed E-state index contributed by atoms with van der Waals surface area (Å²) in [4.78, 5) is 10.9. The molecule has 4 rings (SSSR count). The Morgan fingerprint density at radius 1 is 1.29 bits per heavy atom. The van der Waals surface area contributed by atoms with Crippen molar-refractivity contribution in [1.29, 1.82) is 5.26 Å². The highest BCUT2D eigenvalue weighted by molar-refractivity contribution is 5.84. The van der Waals surface area contributed by atoms with Gasteiger partial charge in [-0.15, -0.1) is 0 Å². The van der Waals surface area contributed by atoms with E-state index >= 15 is 0 Å². The number of aromatic nitrogens is 3. The topological polar surface area (TPSA) is 67.0 Å². The van der Waals surface area contributed by atoms with E-state index in [1.807, 2.05) is 10.6 Å². The quantitative estimate of drug-likeness (QED) is 0.554. The summed E-state index contributed by atoms with van der Waals surface area (Å²) in [5.41, 5.74) is 0.887. The van der Waals surface area contributed by atoms with Gasteiger partial charge in [0, 0.05) is 24.7 Å². The number of hydrogen-bond donors (Lipinski definition) is 0. The van der Waals surface area contributed by atoms with E-state index in [4.69, 9.17) is 4.74 Å². The van der Waals surface area contributed by atoms with E-state index in [2.05, 4.69) is 21.9 Å². The lowest BCUT2D eigenvalue weighted by Gasteiger charge is -2.16. The van der Waals surface area contributed by atoms with Crippen molar-refractivity contribution in [3.63, 3.8) is 0 Å². The average molecular weight is 429 g/mol. The highest BCUT2D eigenvalue weighted by atomic mass is 19.4. The molecule has 1 saturated carbocycles. The number of rotatable bonds is 7. The fourth-order valence-electron chi connectivity index (χ4n) is 3.62. The first kappa shape index (κ1) is 21.1. The molecule has 1 aliphatic rings. The Morgan fingerprint density at radius 3 is 2.71 bits per heavy atom. The molecule has 0 bridgehead atoms. The Bertz CT molecular complexity index is 1140. The molecule has 0 amide bonds. The predicted molar refractivity (Wildman–Crippen MR) is 110 cm³/mol. The summed E-state index contributed by atoms with van der Waals surface area (Å²) < 4.78 is 47.7. The SMILES string of the molecule is CCOc1ccc(-c2cc3c(ncn3CCN(C)C3CC3)c(C#N)n2)cc1C(F)(F)F.